The molecule has 2 atom stereocenters. The van der Waals surface area contributed by atoms with Crippen LogP contribution in [-0.4, -0.2) is 60.9 Å². The van der Waals surface area contributed by atoms with Crippen molar-refractivity contribution in [1.82, 2.24) is 10.6 Å². The maximum Gasteiger partial charge on any atom is 0.513 e. The van der Waals surface area contributed by atoms with Gasteiger partial charge in [0.1, 0.15) is 42.0 Å². The molecule has 3 aromatic carbocycles. The Morgan fingerprint density at radius 3 is 2.43 bits per heavy atom. The average Bonchev–Trinajstić information content (AvgIpc) is 3.60. The number of dihydropyridines is 1. The minimum atomic E-state index is -0.998. The van der Waals surface area contributed by atoms with Crippen molar-refractivity contribution in [3.63, 3.8) is 0 Å². The molecule has 13 heteroatoms. The number of hydrogen-bond donors (Lipinski definition) is 3. The molecule has 0 amide bonds. The van der Waals surface area contributed by atoms with Crippen molar-refractivity contribution in [3.8, 4) is 5.75 Å². The number of non-ortho nitro benzene ring substituents is 1. The van der Waals surface area contributed by atoms with E-state index < -0.39 is 29.3 Å². The predicted octanol–water partition coefficient (Wildman–Crippen LogP) is 6.57. The Bertz CT molecular complexity index is 1710. The summed E-state index contributed by atoms with van der Waals surface area (Å²) in [6.07, 6.45) is 0.929. The molecule has 3 aromatic rings. The first kappa shape index (κ1) is 35.2. The van der Waals surface area contributed by atoms with Crippen LogP contribution in [0.25, 0.3) is 10.8 Å². The van der Waals surface area contributed by atoms with Gasteiger partial charge in [-0.05, 0) is 69.5 Å². The summed E-state index contributed by atoms with van der Waals surface area (Å²) in [4.78, 5) is 36.7. The van der Waals surface area contributed by atoms with Gasteiger partial charge in [0.15, 0.2) is 0 Å². The van der Waals surface area contributed by atoms with Crippen LogP contribution in [0.4, 0.5) is 15.3 Å². The Morgan fingerprint density at radius 1 is 0.980 bits per heavy atom. The van der Waals surface area contributed by atoms with Gasteiger partial charge in [-0.3, -0.25) is 10.1 Å². The molecule has 1 heterocycles. The van der Waals surface area contributed by atoms with Gasteiger partial charge in [0.2, 0.25) is 0 Å². The maximum atomic E-state index is 12.9. The molecule has 0 saturated heterocycles. The predicted molar refractivity (Wildman–Crippen MR) is 180 cm³/mol. The van der Waals surface area contributed by atoms with E-state index >= 15 is 0 Å². The number of fused-ring (bicyclic) bond motifs is 1. The van der Waals surface area contributed by atoms with Gasteiger partial charge in [-0.25, -0.2) is 9.59 Å². The van der Waals surface area contributed by atoms with Crippen LogP contribution in [0.5, 0.6) is 5.75 Å². The van der Waals surface area contributed by atoms with E-state index in [-0.39, 0.29) is 43.1 Å². The molecule has 1 aliphatic heterocycles. The zero-order chi connectivity index (χ0) is 34.8. The topological polar surface area (TPSA) is 168 Å². The monoisotopic (exact) mass is 675 g/mol. The van der Waals surface area contributed by atoms with Crippen LogP contribution in [0.15, 0.2) is 89.6 Å². The Morgan fingerprint density at radius 2 is 1.67 bits per heavy atom. The first-order valence-electron chi connectivity index (χ1n) is 16.3. The highest BCUT2D eigenvalue weighted by molar-refractivity contribution is 5.88. The molecule has 1 saturated carbocycles. The van der Waals surface area contributed by atoms with Crippen molar-refractivity contribution in [1.29, 1.82) is 0 Å². The first-order chi connectivity index (χ1) is 23.7. The molecular formula is C36H41N3O10. The number of aliphatic hydroxyl groups is 1. The number of aliphatic hydroxyl groups excluding tert-OH is 1. The molecule has 0 spiro atoms. The van der Waals surface area contributed by atoms with Gasteiger partial charge in [0.25, 0.3) is 5.69 Å². The third-order valence-electron chi connectivity index (χ3n) is 8.28. The minimum Gasteiger partial charge on any atom is -0.490 e. The Hall–Kier alpha value is -5.14. The highest BCUT2D eigenvalue weighted by atomic mass is 16.7. The zero-order valence-corrected chi connectivity index (χ0v) is 27.5. The second kappa shape index (κ2) is 16.8. The lowest BCUT2D eigenvalue weighted by atomic mass is 9.90. The summed E-state index contributed by atoms with van der Waals surface area (Å²) < 4.78 is 28.0. The third-order valence-corrected chi connectivity index (χ3v) is 8.28. The fourth-order valence-electron chi connectivity index (χ4n) is 5.91. The van der Waals surface area contributed by atoms with Crippen LogP contribution in [0.2, 0.25) is 0 Å². The summed E-state index contributed by atoms with van der Waals surface area (Å²) >= 11 is 0. The molecule has 2 aliphatic rings. The van der Waals surface area contributed by atoms with E-state index in [4.69, 9.17) is 23.7 Å². The van der Waals surface area contributed by atoms with Gasteiger partial charge >= 0.3 is 12.3 Å². The van der Waals surface area contributed by atoms with Crippen LogP contribution in [-0.2, 0) is 18.9 Å². The first-order valence-corrected chi connectivity index (χ1v) is 16.3. The number of allylic oxidation sites excluding steroid dienone is 2. The van der Waals surface area contributed by atoms with E-state index in [0.29, 0.717) is 35.7 Å². The van der Waals surface area contributed by atoms with Crippen molar-refractivity contribution in [2.24, 2.45) is 0 Å². The van der Waals surface area contributed by atoms with E-state index in [1.807, 2.05) is 42.5 Å². The Kier molecular flexibility index (Phi) is 12.1. The molecule has 1 aliphatic carbocycles. The summed E-state index contributed by atoms with van der Waals surface area (Å²) in [6, 6.07) is 19.4. The van der Waals surface area contributed by atoms with Crippen molar-refractivity contribution in [3.05, 3.63) is 105 Å². The summed E-state index contributed by atoms with van der Waals surface area (Å²) in [5.41, 5.74) is 1.07. The molecule has 13 nitrogen and oxygen atoms in total. The summed E-state index contributed by atoms with van der Waals surface area (Å²) in [7, 11) is 0. The lowest BCUT2D eigenvalue weighted by Crippen LogP contribution is -2.32. The minimum absolute atomic E-state index is 0.0155. The average molecular weight is 676 g/mol. The lowest BCUT2D eigenvalue weighted by molar-refractivity contribution is -0.384. The smallest absolute Gasteiger partial charge is 0.490 e. The van der Waals surface area contributed by atoms with Crippen molar-refractivity contribution in [2.75, 3.05) is 26.3 Å². The Labute approximate surface area is 284 Å². The van der Waals surface area contributed by atoms with Crippen LogP contribution < -0.4 is 15.4 Å². The molecule has 0 radical (unpaired) electrons. The molecule has 0 aromatic heterocycles. The lowest BCUT2D eigenvalue weighted by Gasteiger charge is -2.30. The van der Waals surface area contributed by atoms with Crippen LogP contribution in [0, 0.1) is 10.1 Å². The molecule has 260 valence electrons. The fraction of sp³-hybridized carbons (Fsp3) is 0.389. The quantitative estimate of drug-likeness (QED) is 0.0729. The van der Waals surface area contributed by atoms with E-state index in [9.17, 15) is 24.8 Å². The van der Waals surface area contributed by atoms with Crippen LogP contribution >= 0.6 is 0 Å². The highest BCUT2D eigenvalue weighted by Crippen LogP contribution is 2.40. The molecule has 1 fully saturated rings. The standard InChI is InChI=1S/C36H41N3O10/c1-23-33(48-35(41)45-19-9-18-37-21-28(40)22-46-31-17-8-11-25-10-3-6-16-30(25)31)32(26-12-7-13-27(20-26)39(43)44)34(24(2)38-23)49-36(42)47-29-14-4-5-15-29/h3,6-8,10-13,16-17,20,28-29,32,37-38,40H,4-5,9,14-15,18-19,21-22H2,1-2H3. The normalized spacial score (nSPS) is 17.0. The van der Waals surface area contributed by atoms with Gasteiger partial charge < -0.3 is 39.4 Å². The molecule has 5 rings (SSSR count). The maximum absolute atomic E-state index is 12.9. The Balaban J connectivity index is 1.13. The van der Waals surface area contributed by atoms with Gasteiger partial charge in [-0.2, -0.15) is 0 Å². The second-order valence-corrected chi connectivity index (χ2v) is 12.0. The molecule has 49 heavy (non-hydrogen) atoms. The number of nitrogens with zero attached hydrogens (tertiary/aromatic N) is 1. The van der Waals surface area contributed by atoms with Gasteiger partial charge in [-0.15, -0.1) is 0 Å². The number of ether oxygens (including phenoxy) is 5. The molecule has 0 bridgehead atoms. The second-order valence-electron chi connectivity index (χ2n) is 12.0. The van der Waals surface area contributed by atoms with Gasteiger partial charge in [-0.1, -0.05) is 48.5 Å². The number of carbonyl (C=O) groups excluding carboxylic acids is 2. The highest BCUT2D eigenvalue weighted by Gasteiger charge is 2.37. The number of nitro benzene ring substituents is 1. The van der Waals surface area contributed by atoms with Crippen molar-refractivity contribution >= 4 is 28.8 Å². The van der Waals surface area contributed by atoms with E-state index in [0.717, 1.165) is 36.5 Å². The molecule has 2 unspecified atom stereocenters. The number of nitrogens with one attached hydrogen (secondary N) is 2. The number of benzene rings is 3. The number of rotatable bonds is 14. The van der Waals surface area contributed by atoms with Crippen LogP contribution in [0.1, 0.15) is 57.4 Å². The zero-order valence-electron chi connectivity index (χ0n) is 27.5. The summed E-state index contributed by atoms with van der Waals surface area (Å²) in [5, 5.41) is 30.2. The van der Waals surface area contributed by atoms with Gasteiger partial charge in [0, 0.05) is 24.1 Å². The summed E-state index contributed by atoms with van der Waals surface area (Å²) in [6.45, 7) is 4.19. The third kappa shape index (κ3) is 9.48. The fourth-order valence-corrected chi connectivity index (χ4v) is 5.91. The number of carbonyl (C=O) groups is 2. The van der Waals surface area contributed by atoms with Crippen LogP contribution in [0.3, 0.4) is 0 Å². The van der Waals surface area contributed by atoms with E-state index in [2.05, 4.69) is 10.6 Å². The van der Waals surface area contributed by atoms with Crippen molar-refractivity contribution < 1.29 is 43.3 Å². The number of hydrogen-bond acceptors (Lipinski definition) is 12. The molecular weight excluding hydrogens is 634 g/mol. The SMILES string of the molecule is CC1=C(OC(=O)OCCCNCC(O)COc2cccc3ccccc23)C(c2cccc([N+](=O)[O-])c2)C(OC(=O)OC2CCCC2)=C(C)N1. The van der Waals surface area contributed by atoms with Crippen molar-refractivity contribution in [2.45, 2.75) is 64.1 Å². The molecule has 3 N–H and O–H groups in total. The van der Waals surface area contributed by atoms with E-state index in [1.165, 1.54) is 18.2 Å². The number of nitro groups is 1. The largest absolute Gasteiger partial charge is 0.513 e. The summed E-state index contributed by atoms with van der Waals surface area (Å²) in [5.74, 6) is -0.135. The van der Waals surface area contributed by atoms with E-state index in [1.54, 1.807) is 19.9 Å². The van der Waals surface area contributed by atoms with Gasteiger partial charge in [0.05, 0.1) is 22.9 Å².